The van der Waals surface area contributed by atoms with E-state index in [-0.39, 0.29) is 22.8 Å². The number of hydrogen-bond acceptors (Lipinski definition) is 11. The quantitative estimate of drug-likeness (QED) is 0.0554. The summed E-state index contributed by atoms with van der Waals surface area (Å²) in [6.45, 7) is 8.08. The van der Waals surface area contributed by atoms with Crippen LogP contribution in [0.4, 0.5) is 33.4 Å². The summed E-state index contributed by atoms with van der Waals surface area (Å²) >= 11 is 0. The lowest BCUT2D eigenvalue weighted by Crippen LogP contribution is -2.26. The number of rotatable bonds is 15. The van der Waals surface area contributed by atoms with Crippen LogP contribution in [0.5, 0.6) is 23.0 Å². The molecule has 6 rings (SSSR count). The Balaban J connectivity index is 1.13. The molecule has 1 atom stereocenters. The second-order valence-corrected chi connectivity index (χ2v) is 17.3. The van der Waals surface area contributed by atoms with E-state index in [4.69, 9.17) is 19.0 Å². The third-order valence-electron chi connectivity index (χ3n) is 9.92. The number of benzene rings is 4. The Morgan fingerprint density at radius 1 is 0.900 bits per heavy atom. The molecule has 1 fully saturated rings. The second-order valence-electron chi connectivity index (χ2n) is 15.6. The first-order chi connectivity index (χ1) is 28.7. The van der Waals surface area contributed by atoms with Crippen molar-refractivity contribution in [3.05, 3.63) is 96.2 Å². The highest BCUT2D eigenvalue weighted by molar-refractivity contribution is 7.92. The van der Waals surface area contributed by atoms with Gasteiger partial charge in [0.05, 0.1) is 49.7 Å². The normalized spacial score (nSPS) is 14.4. The van der Waals surface area contributed by atoms with Gasteiger partial charge in [-0.1, -0.05) is 45.0 Å². The van der Waals surface area contributed by atoms with Gasteiger partial charge in [-0.25, -0.2) is 23.7 Å². The number of methoxy groups -OCH3 is 2. The van der Waals surface area contributed by atoms with E-state index in [2.05, 4.69) is 36.5 Å². The third kappa shape index (κ3) is 11.5. The first kappa shape index (κ1) is 43.5. The van der Waals surface area contributed by atoms with Gasteiger partial charge in [-0.3, -0.25) is 9.52 Å². The largest absolute Gasteiger partial charge is 0.496 e. The molecule has 0 aliphatic carbocycles. The highest BCUT2D eigenvalue weighted by Crippen LogP contribution is 2.40. The van der Waals surface area contributed by atoms with Gasteiger partial charge in [0.15, 0.2) is 5.75 Å². The van der Waals surface area contributed by atoms with Gasteiger partial charge in [-0.2, -0.15) is 0 Å². The molecule has 1 unspecified atom stereocenters. The molecule has 4 aromatic carbocycles. The van der Waals surface area contributed by atoms with Crippen LogP contribution < -0.4 is 45.7 Å². The van der Waals surface area contributed by atoms with Crippen LogP contribution in [-0.4, -0.2) is 65.5 Å². The zero-order valence-electron chi connectivity index (χ0n) is 34.7. The lowest BCUT2D eigenvalue weighted by Gasteiger charge is -2.24. The maximum atomic E-state index is 13.5. The molecule has 1 aromatic heterocycles. The summed E-state index contributed by atoms with van der Waals surface area (Å²) in [6.07, 6.45) is 6.70. The number of anilines is 5. The van der Waals surface area contributed by atoms with Gasteiger partial charge >= 0.3 is 6.03 Å². The van der Waals surface area contributed by atoms with Gasteiger partial charge in [-0.05, 0) is 85.0 Å². The summed E-state index contributed by atoms with van der Waals surface area (Å²) in [4.78, 5) is 36.4. The van der Waals surface area contributed by atoms with Crippen molar-refractivity contribution in [1.82, 2.24) is 15.8 Å². The van der Waals surface area contributed by atoms with Gasteiger partial charge < -0.3 is 40.3 Å². The summed E-state index contributed by atoms with van der Waals surface area (Å²) in [5.74, 6) is 2.48. The Morgan fingerprint density at radius 2 is 1.67 bits per heavy atom. The van der Waals surface area contributed by atoms with Crippen molar-refractivity contribution in [3.8, 4) is 23.0 Å². The molecule has 0 saturated carbocycles. The monoisotopic (exact) mass is 839 g/mol. The smallest absolute Gasteiger partial charge is 0.323 e. The number of urea groups is 1. The van der Waals surface area contributed by atoms with Gasteiger partial charge in [0.2, 0.25) is 10.0 Å². The fourth-order valence-electron chi connectivity index (χ4n) is 6.90. The number of carbonyl (C=O) groups is 2. The Bertz CT molecular complexity index is 2430. The average Bonchev–Trinajstić information content (AvgIpc) is 3.48. The molecular formula is C44H53N7O8S. The van der Waals surface area contributed by atoms with E-state index in [1.165, 1.54) is 14.2 Å². The standard InChI is InChI=1S/C44H53N7O8S/c1-44(2,3)29-23-36(41(57-5)37(24-29)51-60(6,54)55)50-43(53)49-35-17-18-38(33-14-8-7-13-32(33)35)59-31-19-21-45-40(26-31)48-30-15-16-34(39(25-30)56-4)42(52)46-20-9-11-28-12-10-22-58-47-27-28/h7-8,13-19,21,23-26,28,47,51H,9-12,20,22,27H2,1-6H3,(H,45,48)(H,46,52)(H2,49,50,53). The topological polar surface area (TPSA) is 190 Å². The molecule has 318 valence electrons. The molecule has 3 amide bonds. The first-order valence-corrected chi connectivity index (χ1v) is 21.6. The SMILES string of the molecule is COc1cc(Nc2cc(Oc3ccc(NC(=O)Nc4cc(C(C)(C)C)cc(NS(C)(=O)=O)c4OC)c4ccccc34)ccn2)ccc1C(=O)NCCCC1CCCONC1. The van der Waals surface area contributed by atoms with Gasteiger partial charge in [0.1, 0.15) is 23.1 Å². The van der Waals surface area contributed by atoms with Crippen molar-refractivity contribution in [2.45, 2.75) is 51.9 Å². The fraction of sp³-hybridized carbons (Fsp3) is 0.341. The zero-order chi connectivity index (χ0) is 42.9. The molecule has 1 aliphatic heterocycles. The minimum Gasteiger partial charge on any atom is -0.496 e. The molecule has 0 spiro atoms. The van der Waals surface area contributed by atoms with E-state index in [1.54, 1.807) is 60.8 Å². The van der Waals surface area contributed by atoms with Crippen LogP contribution in [-0.2, 0) is 20.3 Å². The van der Waals surface area contributed by atoms with E-state index in [0.29, 0.717) is 58.2 Å². The van der Waals surface area contributed by atoms with Crippen molar-refractivity contribution in [1.29, 1.82) is 0 Å². The highest BCUT2D eigenvalue weighted by Gasteiger charge is 2.23. The predicted octanol–water partition coefficient (Wildman–Crippen LogP) is 8.54. The molecule has 16 heteroatoms. The molecule has 5 aromatic rings. The van der Waals surface area contributed by atoms with E-state index in [9.17, 15) is 18.0 Å². The lowest BCUT2D eigenvalue weighted by molar-refractivity contribution is 0.0488. The van der Waals surface area contributed by atoms with Crippen molar-refractivity contribution in [2.24, 2.45) is 5.92 Å². The second kappa shape index (κ2) is 19.3. The molecule has 2 heterocycles. The van der Waals surface area contributed by atoms with Gasteiger partial charge in [0.25, 0.3) is 5.91 Å². The summed E-state index contributed by atoms with van der Waals surface area (Å²) in [6, 6.07) is 22.7. The van der Waals surface area contributed by atoms with Crippen LogP contribution in [0.3, 0.4) is 0 Å². The number of aromatic nitrogens is 1. The molecule has 6 N–H and O–H groups in total. The maximum Gasteiger partial charge on any atom is 0.323 e. The molecule has 60 heavy (non-hydrogen) atoms. The number of amides is 3. The van der Waals surface area contributed by atoms with Crippen molar-refractivity contribution in [3.63, 3.8) is 0 Å². The summed E-state index contributed by atoms with van der Waals surface area (Å²) in [7, 11) is -0.709. The molecule has 0 radical (unpaired) electrons. The minimum absolute atomic E-state index is 0.169. The first-order valence-electron chi connectivity index (χ1n) is 19.7. The van der Waals surface area contributed by atoms with Gasteiger partial charge in [-0.15, -0.1) is 0 Å². The van der Waals surface area contributed by atoms with Crippen LogP contribution in [0, 0.1) is 5.92 Å². The molecular weight excluding hydrogens is 787 g/mol. The average molecular weight is 840 g/mol. The number of nitrogens with zero attached hydrogens (tertiary/aromatic N) is 1. The number of ether oxygens (including phenoxy) is 3. The van der Waals surface area contributed by atoms with E-state index < -0.39 is 16.1 Å². The van der Waals surface area contributed by atoms with E-state index in [1.807, 2.05) is 45.0 Å². The number of hydrogen-bond donors (Lipinski definition) is 6. The van der Waals surface area contributed by atoms with E-state index >= 15 is 0 Å². The summed E-state index contributed by atoms with van der Waals surface area (Å²) < 4.78 is 44.4. The Kier molecular flexibility index (Phi) is 14.0. The fourth-order valence-corrected chi connectivity index (χ4v) is 7.45. The summed E-state index contributed by atoms with van der Waals surface area (Å²) in [5.41, 5.74) is 5.54. The number of carbonyl (C=O) groups excluding carboxylic acids is 2. The Labute approximate surface area is 350 Å². The van der Waals surface area contributed by atoms with Crippen molar-refractivity contribution in [2.75, 3.05) is 60.8 Å². The van der Waals surface area contributed by atoms with Crippen LogP contribution in [0.1, 0.15) is 62.4 Å². The predicted molar refractivity (Wildman–Crippen MR) is 236 cm³/mol. The van der Waals surface area contributed by atoms with Gasteiger partial charge in [0, 0.05) is 47.9 Å². The van der Waals surface area contributed by atoms with Crippen molar-refractivity contribution < 1.29 is 37.1 Å². The number of sulfonamides is 1. The van der Waals surface area contributed by atoms with Crippen LogP contribution >= 0.6 is 0 Å². The Morgan fingerprint density at radius 3 is 2.42 bits per heavy atom. The molecule has 1 saturated heterocycles. The highest BCUT2D eigenvalue weighted by atomic mass is 32.2. The van der Waals surface area contributed by atoms with E-state index in [0.717, 1.165) is 61.4 Å². The Hall–Kier alpha value is -6.10. The number of nitrogens with one attached hydrogen (secondary N) is 6. The lowest BCUT2D eigenvalue weighted by atomic mass is 9.86. The third-order valence-corrected chi connectivity index (χ3v) is 10.5. The van der Waals surface area contributed by atoms with Crippen molar-refractivity contribution >= 4 is 61.3 Å². The molecule has 0 bridgehead atoms. The minimum atomic E-state index is -3.64. The maximum absolute atomic E-state index is 13.5. The number of pyridine rings is 1. The van der Waals surface area contributed by atoms with Crippen LogP contribution in [0.2, 0.25) is 0 Å². The number of hydroxylamine groups is 1. The number of fused-ring (bicyclic) bond motifs is 1. The molecule has 1 aliphatic rings. The summed E-state index contributed by atoms with van der Waals surface area (Å²) in [5, 5.41) is 13.5. The molecule has 15 nitrogen and oxygen atoms in total. The van der Waals surface area contributed by atoms with Crippen LogP contribution in [0.15, 0.2) is 85.1 Å². The van der Waals surface area contributed by atoms with Crippen LogP contribution in [0.25, 0.3) is 10.8 Å². The zero-order valence-corrected chi connectivity index (χ0v) is 35.5.